The summed E-state index contributed by atoms with van der Waals surface area (Å²) in [6.07, 6.45) is 28.5. The Hall–Kier alpha value is -8.47. The molecule has 9 aromatic rings. The van der Waals surface area contributed by atoms with Crippen LogP contribution in [-0.4, -0.2) is 22.5 Å². The first kappa shape index (κ1) is 42.4. The maximum atomic E-state index is 5.37. The van der Waals surface area contributed by atoms with Crippen molar-refractivity contribution in [2.75, 3.05) is 4.90 Å². The summed E-state index contributed by atoms with van der Waals surface area (Å²) in [4.78, 5) is 8.10. The van der Waals surface area contributed by atoms with Gasteiger partial charge in [0.25, 0.3) is 0 Å². The fourth-order valence-electron chi connectivity index (χ4n) is 12.7. The van der Waals surface area contributed by atoms with Crippen molar-refractivity contribution in [3.8, 4) is 28.1 Å². The van der Waals surface area contributed by atoms with E-state index in [9.17, 15) is 0 Å². The lowest BCUT2D eigenvalue weighted by Crippen LogP contribution is -2.38. The number of allylic oxidation sites excluding steroid dienone is 7. The first-order chi connectivity index (χ1) is 35.8. The normalized spacial score (nSPS) is 20.1. The molecule has 4 nitrogen and oxygen atoms in total. The van der Waals surface area contributed by atoms with Crippen LogP contribution in [0.4, 0.5) is 11.4 Å². The molecule has 72 heavy (non-hydrogen) atoms. The predicted octanol–water partition coefficient (Wildman–Crippen LogP) is 16.9. The van der Waals surface area contributed by atoms with Gasteiger partial charge in [0.05, 0.1) is 28.6 Å². The molecule has 346 valence electrons. The van der Waals surface area contributed by atoms with E-state index in [-0.39, 0.29) is 18.0 Å². The van der Waals surface area contributed by atoms with E-state index in [1.807, 2.05) is 0 Å². The van der Waals surface area contributed by atoms with E-state index in [1.54, 1.807) is 0 Å². The van der Waals surface area contributed by atoms with Gasteiger partial charge < -0.3 is 14.8 Å². The minimum atomic E-state index is 0.0178. The molecule has 3 heterocycles. The van der Waals surface area contributed by atoms with Crippen LogP contribution in [0.2, 0.25) is 0 Å². The number of hydrogen-bond donors (Lipinski definition) is 1. The van der Waals surface area contributed by atoms with Gasteiger partial charge in [-0.3, -0.25) is 0 Å². The van der Waals surface area contributed by atoms with Crippen LogP contribution >= 0.6 is 0 Å². The molecule has 4 atom stereocenters. The summed E-state index contributed by atoms with van der Waals surface area (Å²) in [6, 6.07) is 65.8. The lowest BCUT2D eigenvalue weighted by atomic mass is 9.82. The number of benzene rings is 8. The van der Waals surface area contributed by atoms with E-state index in [0.29, 0.717) is 5.92 Å². The third kappa shape index (κ3) is 6.99. The molecule has 4 heteroatoms. The highest BCUT2D eigenvalue weighted by atomic mass is 15.2. The molecule has 2 aliphatic heterocycles. The van der Waals surface area contributed by atoms with Crippen LogP contribution in [0.1, 0.15) is 66.2 Å². The van der Waals surface area contributed by atoms with Crippen molar-refractivity contribution in [1.29, 1.82) is 0 Å². The van der Waals surface area contributed by atoms with Crippen LogP contribution in [0.15, 0.2) is 247 Å². The molecule has 1 N–H and O–H groups in total. The lowest BCUT2D eigenvalue weighted by molar-refractivity contribution is 0.540. The molecule has 0 amide bonds. The number of para-hydroxylation sites is 3. The van der Waals surface area contributed by atoms with Gasteiger partial charge >= 0.3 is 0 Å². The monoisotopic (exact) mass is 926 g/mol. The Labute approximate surface area is 421 Å². The number of aliphatic imine (C=N–C) groups is 1. The van der Waals surface area contributed by atoms with E-state index in [4.69, 9.17) is 4.99 Å². The van der Waals surface area contributed by atoms with Gasteiger partial charge in [-0.15, -0.1) is 0 Å². The molecule has 0 saturated heterocycles. The van der Waals surface area contributed by atoms with E-state index in [1.165, 1.54) is 88.6 Å². The zero-order valence-electron chi connectivity index (χ0n) is 40.2. The molecule has 0 spiro atoms. The molecule has 4 unspecified atom stereocenters. The second-order valence-electron chi connectivity index (χ2n) is 19.9. The van der Waals surface area contributed by atoms with Crippen LogP contribution in [0.5, 0.6) is 0 Å². The van der Waals surface area contributed by atoms with Crippen LogP contribution in [0.3, 0.4) is 0 Å². The number of rotatable bonds is 7. The van der Waals surface area contributed by atoms with Crippen molar-refractivity contribution in [3.05, 3.63) is 265 Å². The second-order valence-corrected chi connectivity index (χ2v) is 19.9. The SMILES string of the molecule is C1=CCC(c2ccccc2-n2c3c(c4ccccc42)C2C=CCCC2N(c2ccc(-c4ccc(C5=NC(c6ccccc6)=CC(C6=CCCC=C6)N5)c5ccccc45)c4ccccc24)c2ccccc2-3)C=C1. The average Bonchev–Trinajstić information content (AvgIpc) is 3.74. The Bertz CT molecular complexity index is 3850. The predicted molar refractivity (Wildman–Crippen MR) is 303 cm³/mol. The van der Waals surface area contributed by atoms with E-state index < -0.39 is 0 Å². The second kappa shape index (κ2) is 17.7. The fraction of sp³-hybridized carbons (Fsp3) is 0.132. The van der Waals surface area contributed by atoms with Gasteiger partial charge in [-0.05, 0) is 112 Å². The zero-order valence-corrected chi connectivity index (χ0v) is 40.2. The number of nitrogens with one attached hydrogen (secondary N) is 1. The van der Waals surface area contributed by atoms with Gasteiger partial charge in [0.15, 0.2) is 0 Å². The third-order valence-corrected chi connectivity index (χ3v) is 15.9. The largest absolute Gasteiger partial charge is 0.359 e. The van der Waals surface area contributed by atoms with Crippen molar-refractivity contribution >= 4 is 55.4 Å². The Kier molecular flexibility index (Phi) is 10.4. The molecule has 0 bridgehead atoms. The van der Waals surface area contributed by atoms with Crippen molar-refractivity contribution < 1.29 is 0 Å². The molecular formula is C68H54N4. The van der Waals surface area contributed by atoms with Crippen molar-refractivity contribution in [1.82, 2.24) is 9.88 Å². The quantitative estimate of drug-likeness (QED) is 0.162. The average molecular weight is 927 g/mol. The van der Waals surface area contributed by atoms with Crippen LogP contribution in [0.25, 0.3) is 66.2 Å². The highest BCUT2D eigenvalue weighted by Gasteiger charge is 2.40. The summed E-state index contributed by atoms with van der Waals surface area (Å²) in [5.41, 5.74) is 17.3. The Balaban J connectivity index is 0.930. The molecule has 0 fully saturated rings. The standard InChI is InChI=1S/C68H54N4/c1-4-22-45(23-5-1)48-28-14-18-36-61(48)72-63-38-20-16-34-57(63)66-56-33-15-19-37-62(56)71(64-39-21-17-35-58(64)67(66)72)65-43-42-53(50-30-12-13-32-54(50)65)52-40-41-55(51-31-11-10-29-49(51)52)68-69-59(46-24-6-2-7-25-46)44-60(70-68)47-26-8-3-9-27-47/h1-2,4-8,10-18,20-22,24-36,38-45,56,60,62H,3,9,19,23,37H2,(H,69,70). The minimum absolute atomic E-state index is 0.0178. The van der Waals surface area contributed by atoms with Crippen molar-refractivity contribution in [3.63, 3.8) is 0 Å². The van der Waals surface area contributed by atoms with Gasteiger partial charge in [0.1, 0.15) is 5.84 Å². The summed E-state index contributed by atoms with van der Waals surface area (Å²) < 4.78 is 2.61. The summed E-state index contributed by atoms with van der Waals surface area (Å²) in [7, 11) is 0. The number of hydrogen-bond acceptors (Lipinski definition) is 3. The van der Waals surface area contributed by atoms with Gasteiger partial charge in [-0.2, -0.15) is 0 Å². The Morgan fingerprint density at radius 3 is 2.01 bits per heavy atom. The topological polar surface area (TPSA) is 32.6 Å². The smallest absolute Gasteiger partial charge is 0.135 e. The van der Waals surface area contributed by atoms with Gasteiger partial charge in [0.2, 0.25) is 0 Å². The van der Waals surface area contributed by atoms with E-state index in [2.05, 4.69) is 251 Å². The molecule has 14 rings (SSSR count). The van der Waals surface area contributed by atoms with Crippen molar-refractivity contribution in [2.45, 2.75) is 56.0 Å². The first-order valence-electron chi connectivity index (χ1n) is 25.9. The Morgan fingerprint density at radius 1 is 0.514 bits per heavy atom. The summed E-state index contributed by atoms with van der Waals surface area (Å²) in [6.45, 7) is 0. The summed E-state index contributed by atoms with van der Waals surface area (Å²) in [5, 5.41) is 10.1. The maximum Gasteiger partial charge on any atom is 0.135 e. The van der Waals surface area contributed by atoms with Crippen LogP contribution in [0, 0.1) is 0 Å². The number of nitrogens with zero attached hydrogens (tertiary/aromatic N) is 3. The van der Waals surface area contributed by atoms with Gasteiger partial charge in [-0.1, -0.05) is 206 Å². The number of aromatic nitrogens is 1. The molecule has 8 aromatic carbocycles. The molecule has 3 aliphatic carbocycles. The summed E-state index contributed by atoms with van der Waals surface area (Å²) in [5.74, 6) is 1.36. The molecule has 0 saturated carbocycles. The molecule has 1 aromatic heterocycles. The minimum Gasteiger partial charge on any atom is -0.359 e. The van der Waals surface area contributed by atoms with Crippen LogP contribution in [-0.2, 0) is 0 Å². The Morgan fingerprint density at radius 2 is 1.21 bits per heavy atom. The van der Waals surface area contributed by atoms with E-state index >= 15 is 0 Å². The molecule has 5 aliphatic rings. The number of fused-ring (bicyclic) bond motifs is 9. The number of amidine groups is 1. The zero-order chi connectivity index (χ0) is 47.5. The highest BCUT2D eigenvalue weighted by Crippen LogP contribution is 2.54. The van der Waals surface area contributed by atoms with Crippen LogP contribution < -0.4 is 10.2 Å². The number of anilines is 2. The third-order valence-electron chi connectivity index (χ3n) is 15.9. The van der Waals surface area contributed by atoms with Crippen molar-refractivity contribution in [2.24, 2.45) is 4.99 Å². The van der Waals surface area contributed by atoms with Gasteiger partial charge in [0, 0.05) is 51.2 Å². The summed E-state index contributed by atoms with van der Waals surface area (Å²) >= 11 is 0. The lowest BCUT2D eigenvalue weighted by Gasteiger charge is -2.39. The molecule has 0 radical (unpaired) electrons. The molecular weight excluding hydrogens is 873 g/mol. The fourth-order valence-corrected chi connectivity index (χ4v) is 12.7. The van der Waals surface area contributed by atoms with Gasteiger partial charge in [-0.25, -0.2) is 4.99 Å². The maximum absolute atomic E-state index is 5.37. The van der Waals surface area contributed by atoms with E-state index in [0.717, 1.165) is 54.8 Å². The highest BCUT2D eigenvalue weighted by molar-refractivity contribution is 6.17. The first-order valence-corrected chi connectivity index (χ1v) is 25.9.